The summed E-state index contributed by atoms with van der Waals surface area (Å²) in [4.78, 5) is 11.5. The average Bonchev–Trinajstić information content (AvgIpc) is 2.42. The van der Waals surface area contributed by atoms with Gasteiger partial charge in [-0.15, -0.1) is 0 Å². The maximum absolute atomic E-state index is 11.5. The molecular weight excluding hydrogens is 354 g/mol. The number of rotatable bonds is 4. The minimum Gasteiger partial charge on any atom is -0.456 e. The Morgan fingerprint density at radius 2 is 1.86 bits per heavy atom. The summed E-state index contributed by atoms with van der Waals surface area (Å²) in [6.45, 7) is 4.15. The number of primary amides is 1. The molecule has 0 aliphatic carbocycles. The highest BCUT2D eigenvalue weighted by atomic mass is 79.9. The quantitative estimate of drug-likeness (QED) is 0.814. The summed E-state index contributed by atoms with van der Waals surface area (Å²) < 4.78 is 6.87. The minimum absolute atomic E-state index is 0.264. The number of hydrogen-bond acceptors (Lipinski definition) is 2. The molecule has 0 heterocycles. The van der Waals surface area contributed by atoms with E-state index in [9.17, 15) is 4.79 Å². The van der Waals surface area contributed by atoms with Gasteiger partial charge in [0.2, 0.25) is 0 Å². The Kier molecular flexibility index (Phi) is 4.91. The zero-order valence-corrected chi connectivity index (χ0v) is 14.0. The molecule has 0 unspecified atom stereocenters. The molecule has 0 atom stereocenters. The van der Waals surface area contributed by atoms with Gasteiger partial charge in [0.15, 0.2) is 0 Å². The number of carbonyl (C=O) groups is 1. The second kappa shape index (κ2) is 6.50. The molecule has 3 nitrogen and oxygen atoms in total. The summed E-state index contributed by atoms with van der Waals surface area (Å²) >= 11 is 9.35. The van der Waals surface area contributed by atoms with E-state index in [2.05, 4.69) is 29.8 Å². The number of nitrogens with two attached hydrogens (primary N) is 1. The normalized spacial score (nSPS) is 10.7. The van der Waals surface area contributed by atoms with Crippen LogP contribution in [0.5, 0.6) is 11.5 Å². The predicted molar refractivity (Wildman–Crippen MR) is 88.3 cm³/mol. The van der Waals surface area contributed by atoms with Gasteiger partial charge in [-0.1, -0.05) is 41.4 Å². The Hall–Kier alpha value is -1.52. The standard InChI is InChI=1S/C16H15BrClNO2/c1-9(2)12-7-10(17)3-5-14(12)21-15-6-4-11(18)8-13(15)16(19)20/h3-9H,1-2H3,(H2,19,20). The van der Waals surface area contributed by atoms with Crippen LogP contribution in [0.4, 0.5) is 0 Å². The molecule has 110 valence electrons. The molecule has 0 saturated heterocycles. The first kappa shape index (κ1) is 15.9. The zero-order chi connectivity index (χ0) is 15.6. The first-order valence-electron chi connectivity index (χ1n) is 6.45. The van der Waals surface area contributed by atoms with Crippen LogP contribution in [0.3, 0.4) is 0 Å². The number of halogens is 2. The molecule has 2 rings (SSSR count). The molecule has 0 fully saturated rings. The van der Waals surface area contributed by atoms with Crippen LogP contribution in [-0.4, -0.2) is 5.91 Å². The highest BCUT2D eigenvalue weighted by Crippen LogP contribution is 2.34. The Balaban J connectivity index is 2.46. The molecule has 2 aromatic rings. The lowest BCUT2D eigenvalue weighted by Gasteiger charge is -2.15. The van der Waals surface area contributed by atoms with E-state index in [1.807, 2.05) is 18.2 Å². The summed E-state index contributed by atoms with van der Waals surface area (Å²) in [7, 11) is 0. The third-order valence-electron chi connectivity index (χ3n) is 3.02. The first-order chi connectivity index (χ1) is 9.88. The lowest BCUT2D eigenvalue weighted by atomic mass is 10.0. The fourth-order valence-electron chi connectivity index (χ4n) is 1.97. The Labute approximate surface area is 137 Å². The van der Waals surface area contributed by atoms with Crippen molar-refractivity contribution in [3.8, 4) is 11.5 Å². The van der Waals surface area contributed by atoms with Gasteiger partial charge >= 0.3 is 0 Å². The van der Waals surface area contributed by atoms with E-state index in [1.165, 1.54) is 6.07 Å². The molecule has 2 aromatic carbocycles. The molecule has 0 spiro atoms. The molecule has 21 heavy (non-hydrogen) atoms. The number of carbonyl (C=O) groups excluding carboxylic acids is 1. The third-order valence-corrected chi connectivity index (χ3v) is 3.75. The molecule has 0 bridgehead atoms. The Bertz CT molecular complexity index is 686. The molecule has 5 heteroatoms. The largest absolute Gasteiger partial charge is 0.456 e. The van der Waals surface area contributed by atoms with Gasteiger partial charge in [0.25, 0.3) is 5.91 Å². The van der Waals surface area contributed by atoms with Crippen molar-refractivity contribution in [1.82, 2.24) is 0 Å². The van der Waals surface area contributed by atoms with Crippen molar-refractivity contribution in [2.75, 3.05) is 0 Å². The van der Waals surface area contributed by atoms with E-state index in [4.69, 9.17) is 22.1 Å². The lowest BCUT2D eigenvalue weighted by molar-refractivity contribution is 0.0998. The SMILES string of the molecule is CC(C)c1cc(Br)ccc1Oc1ccc(Cl)cc1C(N)=O. The molecule has 0 radical (unpaired) electrons. The van der Waals surface area contributed by atoms with Crippen LogP contribution in [0.25, 0.3) is 0 Å². The van der Waals surface area contributed by atoms with Crippen molar-refractivity contribution in [3.05, 3.63) is 57.0 Å². The van der Waals surface area contributed by atoms with E-state index in [1.54, 1.807) is 12.1 Å². The van der Waals surface area contributed by atoms with Crippen molar-refractivity contribution in [3.63, 3.8) is 0 Å². The van der Waals surface area contributed by atoms with E-state index >= 15 is 0 Å². The maximum atomic E-state index is 11.5. The van der Waals surface area contributed by atoms with E-state index in [0.717, 1.165) is 10.0 Å². The van der Waals surface area contributed by atoms with Gasteiger partial charge in [-0.25, -0.2) is 0 Å². The monoisotopic (exact) mass is 367 g/mol. The number of amides is 1. The van der Waals surface area contributed by atoms with Crippen LogP contribution in [0.2, 0.25) is 5.02 Å². The van der Waals surface area contributed by atoms with Gasteiger partial charge in [0.05, 0.1) is 5.56 Å². The molecule has 0 saturated carbocycles. The highest BCUT2D eigenvalue weighted by molar-refractivity contribution is 9.10. The van der Waals surface area contributed by atoms with Gasteiger partial charge < -0.3 is 10.5 Å². The van der Waals surface area contributed by atoms with Gasteiger partial charge in [-0.3, -0.25) is 4.79 Å². The van der Waals surface area contributed by atoms with Gasteiger partial charge in [0, 0.05) is 9.50 Å². The molecular formula is C16H15BrClNO2. The van der Waals surface area contributed by atoms with Crippen molar-refractivity contribution in [2.45, 2.75) is 19.8 Å². The van der Waals surface area contributed by atoms with E-state index in [0.29, 0.717) is 16.5 Å². The molecule has 0 aromatic heterocycles. The molecule has 1 amide bonds. The minimum atomic E-state index is -0.573. The van der Waals surface area contributed by atoms with Crippen molar-refractivity contribution in [2.24, 2.45) is 5.73 Å². The second-order valence-corrected chi connectivity index (χ2v) is 6.30. The molecule has 0 aliphatic rings. The third kappa shape index (κ3) is 3.77. The highest BCUT2D eigenvalue weighted by Gasteiger charge is 2.14. The Morgan fingerprint density at radius 1 is 1.19 bits per heavy atom. The van der Waals surface area contributed by atoms with Crippen molar-refractivity contribution in [1.29, 1.82) is 0 Å². The van der Waals surface area contributed by atoms with Gasteiger partial charge in [-0.2, -0.15) is 0 Å². The van der Waals surface area contributed by atoms with Crippen molar-refractivity contribution < 1.29 is 9.53 Å². The molecule has 0 aliphatic heterocycles. The van der Waals surface area contributed by atoms with E-state index in [-0.39, 0.29) is 11.5 Å². The number of hydrogen-bond donors (Lipinski definition) is 1. The Morgan fingerprint density at radius 3 is 2.48 bits per heavy atom. The summed E-state index contributed by atoms with van der Waals surface area (Å²) in [6.07, 6.45) is 0. The van der Waals surface area contributed by atoms with Crippen LogP contribution in [0.15, 0.2) is 40.9 Å². The summed E-state index contributed by atoms with van der Waals surface area (Å²) in [5.41, 5.74) is 6.67. The first-order valence-corrected chi connectivity index (χ1v) is 7.62. The van der Waals surface area contributed by atoms with Gasteiger partial charge in [0.1, 0.15) is 11.5 Å². The average molecular weight is 369 g/mol. The van der Waals surface area contributed by atoms with Crippen LogP contribution in [0.1, 0.15) is 35.7 Å². The fraction of sp³-hybridized carbons (Fsp3) is 0.188. The number of ether oxygens (including phenoxy) is 1. The summed E-state index contributed by atoms with van der Waals surface area (Å²) in [6, 6.07) is 10.6. The summed E-state index contributed by atoms with van der Waals surface area (Å²) in [5.74, 6) is 0.798. The predicted octanol–water partition coefficient (Wildman–Crippen LogP) is 5.12. The van der Waals surface area contributed by atoms with Crippen LogP contribution in [-0.2, 0) is 0 Å². The van der Waals surface area contributed by atoms with E-state index < -0.39 is 5.91 Å². The molecule has 2 N–H and O–H groups in total. The maximum Gasteiger partial charge on any atom is 0.252 e. The van der Waals surface area contributed by atoms with Crippen LogP contribution >= 0.6 is 27.5 Å². The smallest absolute Gasteiger partial charge is 0.252 e. The zero-order valence-electron chi connectivity index (χ0n) is 11.7. The number of benzene rings is 2. The summed E-state index contributed by atoms with van der Waals surface area (Å²) in [5, 5.41) is 0.441. The van der Waals surface area contributed by atoms with Crippen LogP contribution in [0, 0.1) is 0 Å². The lowest BCUT2D eigenvalue weighted by Crippen LogP contribution is -2.12. The second-order valence-electron chi connectivity index (χ2n) is 4.94. The van der Waals surface area contributed by atoms with Crippen LogP contribution < -0.4 is 10.5 Å². The van der Waals surface area contributed by atoms with Crippen molar-refractivity contribution >= 4 is 33.4 Å². The van der Waals surface area contributed by atoms with Gasteiger partial charge in [-0.05, 0) is 47.9 Å². The fourth-order valence-corrected chi connectivity index (χ4v) is 2.52. The topological polar surface area (TPSA) is 52.3 Å².